The molecule has 0 heterocycles. The lowest BCUT2D eigenvalue weighted by Gasteiger charge is -2.02. The Balaban J connectivity index is 3.03. The fraction of sp³-hybridized carbons (Fsp3) is 0.300. The van der Waals surface area contributed by atoms with Crippen LogP contribution in [0.4, 0.5) is 5.69 Å². The Morgan fingerprint density at radius 1 is 1.53 bits per heavy atom. The molecule has 0 aliphatic carbocycles. The SMILES string of the molecule is Cc1cc([N+](=O)[O-])ccc1C(=O)CCBr. The van der Waals surface area contributed by atoms with Gasteiger partial charge in [0.1, 0.15) is 0 Å². The molecule has 0 aromatic heterocycles. The molecule has 0 spiro atoms. The van der Waals surface area contributed by atoms with E-state index in [1.165, 1.54) is 18.2 Å². The predicted octanol–water partition coefficient (Wildman–Crippen LogP) is 2.87. The lowest BCUT2D eigenvalue weighted by atomic mass is 10.0. The molecule has 80 valence electrons. The summed E-state index contributed by atoms with van der Waals surface area (Å²) in [6.45, 7) is 1.70. The van der Waals surface area contributed by atoms with Crippen molar-refractivity contribution in [2.45, 2.75) is 13.3 Å². The number of nitro benzene ring substituents is 1. The summed E-state index contributed by atoms with van der Waals surface area (Å²) in [5.74, 6) is -0.000673. The van der Waals surface area contributed by atoms with Crippen LogP contribution in [0.1, 0.15) is 22.3 Å². The third-order valence-corrected chi connectivity index (χ3v) is 2.44. The standard InChI is InChI=1S/C10H10BrNO3/c1-7-6-8(12(14)15)2-3-9(7)10(13)4-5-11/h2-3,6H,4-5H2,1H3. The molecule has 0 N–H and O–H groups in total. The normalized spacial score (nSPS) is 10.0. The number of alkyl halides is 1. The van der Waals surface area contributed by atoms with E-state index in [0.717, 1.165) is 0 Å². The number of carbonyl (C=O) groups is 1. The molecule has 1 aromatic rings. The van der Waals surface area contributed by atoms with Crippen LogP contribution in [0.25, 0.3) is 0 Å². The number of nitro groups is 1. The van der Waals surface area contributed by atoms with Gasteiger partial charge in [-0.05, 0) is 18.6 Å². The number of nitrogens with zero attached hydrogens (tertiary/aromatic N) is 1. The highest BCUT2D eigenvalue weighted by Crippen LogP contribution is 2.18. The molecular formula is C10H10BrNO3. The lowest BCUT2D eigenvalue weighted by molar-refractivity contribution is -0.384. The van der Waals surface area contributed by atoms with Crippen molar-refractivity contribution < 1.29 is 9.72 Å². The summed E-state index contributed by atoms with van der Waals surface area (Å²) in [6.07, 6.45) is 0.401. The molecule has 0 saturated heterocycles. The van der Waals surface area contributed by atoms with Crippen molar-refractivity contribution in [1.29, 1.82) is 0 Å². The van der Waals surface area contributed by atoms with Crippen molar-refractivity contribution in [2.75, 3.05) is 5.33 Å². The number of rotatable bonds is 4. The molecule has 5 heteroatoms. The maximum atomic E-state index is 11.5. The zero-order valence-corrected chi connectivity index (χ0v) is 9.78. The van der Waals surface area contributed by atoms with Crippen LogP contribution in [0.5, 0.6) is 0 Å². The minimum Gasteiger partial charge on any atom is -0.294 e. The molecule has 0 amide bonds. The molecule has 0 atom stereocenters. The topological polar surface area (TPSA) is 60.2 Å². The van der Waals surface area contributed by atoms with E-state index in [1.807, 2.05) is 0 Å². The van der Waals surface area contributed by atoms with Gasteiger partial charge >= 0.3 is 0 Å². The average molecular weight is 272 g/mol. The van der Waals surface area contributed by atoms with Gasteiger partial charge in [-0.1, -0.05) is 15.9 Å². The van der Waals surface area contributed by atoms with Crippen molar-refractivity contribution in [3.05, 3.63) is 39.4 Å². The van der Waals surface area contributed by atoms with Crippen molar-refractivity contribution in [2.24, 2.45) is 0 Å². The van der Waals surface area contributed by atoms with Crippen molar-refractivity contribution in [1.82, 2.24) is 0 Å². The van der Waals surface area contributed by atoms with Crippen LogP contribution in [0.2, 0.25) is 0 Å². The van der Waals surface area contributed by atoms with Gasteiger partial charge in [-0.2, -0.15) is 0 Å². The first-order valence-corrected chi connectivity index (χ1v) is 5.52. The predicted molar refractivity (Wildman–Crippen MR) is 60.6 cm³/mol. The number of aryl methyl sites for hydroxylation is 1. The number of hydrogen-bond acceptors (Lipinski definition) is 3. The van der Waals surface area contributed by atoms with Gasteiger partial charge in [0.15, 0.2) is 5.78 Å². The summed E-state index contributed by atoms with van der Waals surface area (Å²) < 4.78 is 0. The highest BCUT2D eigenvalue weighted by atomic mass is 79.9. The average Bonchev–Trinajstić information content (AvgIpc) is 2.17. The van der Waals surface area contributed by atoms with Gasteiger partial charge < -0.3 is 0 Å². The van der Waals surface area contributed by atoms with Crippen LogP contribution in [-0.4, -0.2) is 16.0 Å². The quantitative estimate of drug-likeness (QED) is 0.366. The highest BCUT2D eigenvalue weighted by molar-refractivity contribution is 9.09. The van der Waals surface area contributed by atoms with Crippen LogP contribution in [-0.2, 0) is 0 Å². The molecule has 15 heavy (non-hydrogen) atoms. The highest BCUT2D eigenvalue weighted by Gasteiger charge is 2.12. The van der Waals surface area contributed by atoms with Gasteiger partial charge in [-0.25, -0.2) is 0 Å². The van der Waals surface area contributed by atoms with Crippen molar-refractivity contribution >= 4 is 27.4 Å². The molecule has 0 aliphatic rings. The lowest BCUT2D eigenvalue weighted by Crippen LogP contribution is -2.02. The number of ketones is 1. The van der Waals surface area contributed by atoms with E-state index in [2.05, 4.69) is 15.9 Å². The fourth-order valence-corrected chi connectivity index (χ4v) is 1.65. The summed E-state index contributed by atoms with van der Waals surface area (Å²) in [5, 5.41) is 11.1. The van der Waals surface area contributed by atoms with E-state index >= 15 is 0 Å². The van der Waals surface area contributed by atoms with E-state index in [-0.39, 0.29) is 11.5 Å². The molecule has 0 saturated carbocycles. The van der Waals surface area contributed by atoms with Gasteiger partial charge in [0.2, 0.25) is 0 Å². The number of non-ortho nitro benzene ring substituents is 1. The second-order valence-electron chi connectivity index (χ2n) is 3.12. The first-order valence-electron chi connectivity index (χ1n) is 4.40. The number of Topliss-reactive ketones (excluding diaryl/α,β-unsaturated/α-hetero) is 1. The minimum atomic E-state index is -0.467. The third kappa shape index (κ3) is 2.86. The Labute approximate surface area is 95.6 Å². The van der Waals surface area contributed by atoms with Crippen LogP contribution in [0.15, 0.2) is 18.2 Å². The molecule has 0 unspecified atom stereocenters. The minimum absolute atomic E-state index is 0.000673. The monoisotopic (exact) mass is 271 g/mol. The Morgan fingerprint density at radius 3 is 2.67 bits per heavy atom. The van der Waals surface area contributed by atoms with Crippen LogP contribution < -0.4 is 0 Å². The van der Waals surface area contributed by atoms with Gasteiger partial charge in [-0.3, -0.25) is 14.9 Å². The van der Waals surface area contributed by atoms with Gasteiger partial charge in [-0.15, -0.1) is 0 Å². The molecule has 0 aliphatic heterocycles. The van der Waals surface area contributed by atoms with Crippen LogP contribution in [0.3, 0.4) is 0 Å². The second-order valence-corrected chi connectivity index (χ2v) is 3.91. The summed E-state index contributed by atoms with van der Waals surface area (Å²) in [7, 11) is 0. The molecule has 0 bridgehead atoms. The maximum Gasteiger partial charge on any atom is 0.269 e. The number of halogens is 1. The van der Waals surface area contributed by atoms with Crippen LogP contribution in [0, 0.1) is 17.0 Å². The number of hydrogen-bond donors (Lipinski definition) is 0. The van der Waals surface area contributed by atoms with Crippen molar-refractivity contribution in [3.63, 3.8) is 0 Å². The Morgan fingerprint density at radius 2 is 2.20 bits per heavy atom. The number of carbonyl (C=O) groups excluding carboxylic acids is 1. The smallest absolute Gasteiger partial charge is 0.269 e. The van der Waals surface area contributed by atoms with Crippen LogP contribution >= 0.6 is 15.9 Å². The largest absolute Gasteiger partial charge is 0.294 e. The third-order valence-electron chi connectivity index (χ3n) is 2.04. The second kappa shape index (κ2) is 5.02. The van der Waals surface area contributed by atoms with Gasteiger partial charge in [0.05, 0.1) is 4.92 Å². The Kier molecular flexibility index (Phi) is 3.96. The molecule has 1 rings (SSSR count). The maximum absolute atomic E-state index is 11.5. The van der Waals surface area contributed by atoms with E-state index in [9.17, 15) is 14.9 Å². The zero-order valence-electron chi connectivity index (χ0n) is 8.20. The summed E-state index contributed by atoms with van der Waals surface area (Å²) >= 11 is 3.18. The molecule has 0 fully saturated rings. The summed E-state index contributed by atoms with van der Waals surface area (Å²) in [4.78, 5) is 21.6. The van der Waals surface area contributed by atoms with E-state index in [0.29, 0.717) is 22.9 Å². The Bertz CT molecular complexity index is 404. The molecule has 1 aromatic carbocycles. The first-order chi connectivity index (χ1) is 7.06. The molecule has 4 nitrogen and oxygen atoms in total. The summed E-state index contributed by atoms with van der Waals surface area (Å²) in [6, 6.07) is 4.29. The van der Waals surface area contributed by atoms with E-state index in [1.54, 1.807) is 6.92 Å². The fourth-order valence-electron chi connectivity index (χ4n) is 1.29. The van der Waals surface area contributed by atoms with Gasteiger partial charge in [0, 0.05) is 29.4 Å². The van der Waals surface area contributed by atoms with E-state index in [4.69, 9.17) is 0 Å². The Hall–Kier alpha value is -1.23. The molecular weight excluding hydrogens is 262 g/mol. The summed E-state index contributed by atoms with van der Waals surface area (Å²) in [5.41, 5.74) is 1.22. The number of benzene rings is 1. The zero-order chi connectivity index (χ0) is 11.4. The first kappa shape index (κ1) is 11.8. The molecule has 0 radical (unpaired) electrons. The van der Waals surface area contributed by atoms with E-state index < -0.39 is 4.92 Å². The van der Waals surface area contributed by atoms with Crippen molar-refractivity contribution in [3.8, 4) is 0 Å². The van der Waals surface area contributed by atoms with Gasteiger partial charge in [0.25, 0.3) is 5.69 Å².